The van der Waals surface area contributed by atoms with Crippen LogP contribution >= 0.6 is 0 Å². The Hall–Kier alpha value is -3.68. The van der Waals surface area contributed by atoms with E-state index >= 15 is 0 Å². The Morgan fingerprint density at radius 2 is 1.97 bits per heavy atom. The first kappa shape index (κ1) is 19.3. The van der Waals surface area contributed by atoms with Crippen molar-refractivity contribution in [2.24, 2.45) is 7.05 Å². The van der Waals surface area contributed by atoms with Gasteiger partial charge in [-0.25, -0.2) is 4.98 Å². The quantitative estimate of drug-likeness (QED) is 0.536. The molecule has 3 aromatic heterocycles. The van der Waals surface area contributed by atoms with Gasteiger partial charge in [-0.15, -0.1) is 0 Å². The predicted octanol–water partition coefficient (Wildman–Crippen LogP) is 3.46. The van der Waals surface area contributed by atoms with Crippen molar-refractivity contribution in [3.05, 3.63) is 59.5 Å². The molecule has 1 aromatic carbocycles. The topological polar surface area (TPSA) is 89.1 Å². The number of hydrogen-bond donors (Lipinski definition) is 1. The number of rotatable bonds is 5. The molecule has 0 radical (unpaired) electrons. The molecule has 0 spiro atoms. The highest BCUT2D eigenvalue weighted by molar-refractivity contribution is 6.06. The molecule has 8 nitrogen and oxygen atoms in total. The van der Waals surface area contributed by atoms with E-state index < -0.39 is 0 Å². The molecule has 4 heterocycles. The summed E-state index contributed by atoms with van der Waals surface area (Å²) in [6, 6.07) is 10.2. The highest BCUT2D eigenvalue weighted by Gasteiger charge is 2.20. The van der Waals surface area contributed by atoms with Crippen molar-refractivity contribution < 1.29 is 9.32 Å². The molecule has 0 bridgehead atoms. The molecule has 4 aromatic rings. The summed E-state index contributed by atoms with van der Waals surface area (Å²) < 4.78 is 7.05. The molecule has 1 N–H and O–H groups in total. The average Bonchev–Trinajstić information content (AvgIpc) is 3.54. The zero-order valence-corrected chi connectivity index (χ0v) is 17.6. The molecule has 5 rings (SSSR count). The number of nitrogens with one attached hydrogen (secondary N) is 1. The number of aryl methyl sites for hydroxylation is 2. The summed E-state index contributed by atoms with van der Waals surface area (Å²) >= 11 is 0. The van der Waals surface area contributed by atoms with E-state index in [0.717, 1.165) is 24.2 Å². The number of aromatic nitrogens is 4. The molecule has 8 heteroatoms. The molecule has 0 saturated carbocycles. The second-order valence-electron chi connectivity index (χ2n) is 7.95. The van der Waals surface area contributed by atoms with Gasteiger partial charge < -0.3 is 14.7 Å². The van der Waals surface area contributed by atoms with E-state index in [4.69, 9.17) is 4.52 Å². The minimum absolute atomic E-state index is 0.188. The molecule has 0 aliphatic carbocycles. The molecule has 1 saturated heterocycles. The van der Waals surface area contributed by atoms with E-state index in [1.807, 2.05) is 20.2 Å². The van der Waals surface area contributed by atoms with Crippen molar-refractivity contribution >= 4 is 22.7 Å². The third-order valence-corrected chi connectivity index (χ3v) is 5.72. The van der Waals surface area contributed by atoms with Crippen LogP contribution in [0.15, 0.2) is 47.2 Å². The van der Waals surface area contributed by atoms with Gasteiger partial charge in [0.15, 0.2) is 0 Å². The van der Waals surface area contributed by atoms with E-state index in [1.165, 1.54) is 18.5 Å². The van der Waals surface area contributed by atoms with Gasteiger partial charge in [0.1, 0.15) is 0 Å². The Morgan fingerprint density at radius 1 is 1.19 bits per heavy atom. The maximum Gasteiger partial charge on any atom is 0.259 e. The van der Waals surface area contributed by atoms with Gasteiger partial charge in [0, 0.05) is 44.1 Å². The molecular weight excluding hydrogens is 392 g/mol. The lowest BCUT2D eigenvalue weighted by Crippen LogP contribution is -2.23. The van der Waals surface area contributed by atoms with E-state index in [0.29, 0.717) is 34.6 Å². The predicted molar refractivity (Wildman–Crippen MR) is 118 cm³/mol. The third kappa shape index (κ3) is 3.76. The molecule has 158 valence electrons. The van der Waals surface area contributed by atoms with Crippen molar-refractivity contribution in [2.75, 3.05) is 18.0 Å². The molecule has 0 atom stereocenters. The van der Waals surface area contributed by atoms with Gasteiger partial charge in [-0.2, -0.15) is 5.10 Å². The molecule has 1 fully saturated rings. The molecule has 0 unspecified atom stereocenters. The Kier molecular flexibility index (Phi) is 4.89. The minimum Gasteiger partial charge on any atom is -0.372 e. The number of hydrogen-bond acceptors (Lipinski definition) is 6. The first-order chi connectivity index (χ1) is 15.1. The SMILES string of the molecule is Cc1noc2nc(-c3cnn(C)c3)cc(C(=O)NCc3ccc(N4CCCC4)cc3)c12. The van der Waals surface area contributed by atoms with Gasteiger partial charge in [0.25, 0.3) is 11.6 Å². The van der Waals surface area contributed by atoms with Gasteiger partial charge in [-0.3, -0.25) is 9.48 Å². The van der Waals surface area contributed by atoms with Crippen molar-refractivity contribution in [3.8, 4) is 11.3 Å². The lowest BCUT2D eigenvalue weighted by atomic mass is 10.1. The average molecular weight is 416 g/mol. The van der Waals surface area contributed by atoms with Crippen molar-refractivity contribution in [1.29, 1.82) is 0 Å². The molecule has 31 heavy (non-hydrogen) atoms. The second-order valence-corrected chi connectivity index (χ2v) is 7.95. The van der Waals surface area contributed by atoms with Crippen LogP contribution in [0.2, 0.25) is 0 Å². The monoisotopic (exact) mass is 416 g/mol. The van der Waals surface area contributed by atoms with Crippen LogP contribution in [0, 0.1) is 6.92 Å². The Balaban J connectivity index is 1.38. The fraction of sp³-hybridized carbons (Fsp3) is 0.304. The number of fused-ring (bicyclic) bond motifs is 1. The minimum atomic E-state index is -0.188. The summed E-state index contributed by atoms with van der Waals surface area (Å²) in [6.07, 6.45) is 6.06. The standard InChI is InChI=1S/C23H24N6O2/c1-15-21-19(11-20(26-23(21)31-27-15)17-13-25-28(2)14-17)22(30)24-12-16-5-7-18(8-6-16)29-9-3-4-10-29/h5-8,11,13-14H,3-4,9-10,12H2,1-2H3,(H,24,30). The van der Waals surface area contributed by atoms with E-state index in [-0.39, 0.29) is 5.91 Å². The fourth-order valence-electron chi connectivity index (χ4n) is 4.05. The summed E-state index contributed by atoms with van der Waals surface area (Å²) in [5.74, 6) is -0.188. The number of carbonyl (C=O) groups excluding carboxylic acids is 1. The van der Waals surface area contributed by atoms with E-state index in [9.17, 15) is 4.79 Å². The van der Waals surface area contributed by atoms with Gasteiger partial charge in [-0.05, 0) is 43.5 Å². The number of carbonyl (C=O) groups is 1. The fourth-order valence-corrected chi connectivity index (χ4v) is 4.05. The first-order valence-corrected chi connectivity index (χ1v) is 10.5. The summed E-state index contributed by atoms with van der Waals surface area (Å²) in [6.45, 7) is 4.48. The summed E-state index contributed by atoms with van der Waals surface area (Å²) in [5, 5.41) is 11.9. The highest BCUT2D eigenvalue weighted by atomic mass is 16.5. The van der Waals surface area contributed by atoms with Gasteiger partial charge in [0.2, 0.25) is 0 Å². The second kappa shape index (κ2) is 7.86. The smallest absolute Gasteiger partial charge is 0.259 e. The Morgan fingerprint density at radius 3 is 2.68 bits per heavy atom. The number of nitrogens with zero attached hydrogens (tertiary/aromatic N) is 5. The molecule has 1 aliphatic heterocycles. The number of pyridine rings is 1. The summed E-state index contributed by atoms with van der Waals surface area (Å²) in [5.41, 5.74) is 5.21. The van der Waals surface area contributed by atoms with E-state index in [1.54, 1.807) is 16.9 Å². The lowest BCUT2D eigenvalue weighted by molar-refractivity contribution is 0.0952. The van der Waals surface area contributed by atoms with Crippen LogP contribution in [0.25, 0.3) is 22.4 Å². The van der Waals surface area contributed by atoms with E-state index in [2.05, 4.69) is 49.7 Å². The summed E-state index contributed by atoms with van der Waals surface area (Å²) in [4.78, 5) is 20.0. The molecule has 1 amide bonds. The Labute approximate surface area is 179 Å². The van der Waals surface area contributed by atoms with Gasteiger partial charge in [-0.1, -0.05) is 17.3 Å². The van der Waals surface area contributed by atoms with Crippen molar-refractivity contribution in [2.45, 2.75) is 26.3 Å². The third-order valence-electron chi connectivity index (χ3n) is 5.72. The van der Waals surface area contributed by atoms with Crippen LogP contribution in [-0.4, -0.2) is 38.9 Å². The van der Waals surface area contributed by atoms with Crippen LogP contribution in [0.5, 0.6) is 0 Å². The highest BCUT2D eigenvalue weighted by Crippen LogP contribution is 2.27. The first-order valence-electron chi connectivity index (χ1n) is 10.5. The van der Waals surface area contributed by atoms with Crippen LogP contribution in [0.3, 0.4) is 0 Å². The van der Waals surface area contributed by atoms with Gasteiger partial charge >= 0.3 is 0 Å². The number of anilines is 1. The van der Waals surface area contributed by atoms with Crippen LogP contribution < -0.4 is 10.2 Å². The van der Waals surface area contributed by atoms with Crippen LogP contribution in [0.1, 0.15) is 34.5 Å². The van der Waals surface area contributed by atoms with Crippen molar-refractivity contribution in [1.82, 2.24) is 25.2 Å². The lowest BCUT2D eigenvalue weighted by Gasteiger charge is -2.17. The summed E-state index contributed by atoms with van der Waals surface area (Å²) in [7, 11) is 1.84. The largest absolute Gasteiger partial charge is 0.372 e. The number of benzene rings is 1. The Bertz CT molecular complexity index is 1230. The normalized spacial score (nSPS) is 13.8. The zero-order chi connectivity index (χ0) is 21.4. The maximum atomic E-state index is 13.1. The van der Waals surface area contributed by atoms with Crippen LogP contribution in [0.4, 0.5) is 5.69 Å². The van der Waals surface area contributed by atoms with Crippen molar-refractivity contribution in [3.63, 3.8) is 0 Å². The van der Waals surface area contributed by atoms with Crippen LogP contribution in [-0.2, 0) is 13.6 Å². The maximum absolute atomic E-state index is 13.1. The van der Waals surface area contributed by atoms with Gasteiger partial charge in [0.05, 0.1) is 28.5 Å². The molecular formula is C23H24N6O2. The molecule has 1 aliphatic rings. The number of amides is 1. The zero-order valence-electron chi connectivity index (χ0n) is 17.6.